The lowest BCUT2D eigenvalue weighted by Crippen LogP contribution is -2.66. The molecule has 8 nitrogen and oxygen atoms in total. The zero-order valence-corrected chi connectivity index (χ0v) is 23.1. The summed E-state index contributed by atoms with van der Waals surface area (Å²) < 4.78 is 6.77. The van der Waals surface area contributed by atoms with Crippen LogP contribution in [0.4, 0.5) is 0 Å². The first-order valence-corrected chi connectivity index (χ1v) is 14.1. The number of nitrogens with zero attached hydrogens (tertiary/aromatic N) is 2. The van der Waals surface area contributed by atoms with E-state index in [1.54, 1.807) is 12.1 Å². The molecule has 6 rings (SSSR count). The Labute approximate surface area is 228 Å². The van der Waals surface area contributed by atoms with Gasteiger partial charge < -0.3 is 20.1 Å². The molecule has 8 heteroatoms. The van der Waals surface area contributed by atoms with Crippen LogP contribution in [0.2, 0.25) is 0 Å². The lowest BCUT2D eigenvalue weighted by molar-refractivity contribution is -0.218. The van der Waals surface area contributed by atoms with Crippen LogP contribution in [0, 0.1) is 28.1 Å². The van der Waals surface area contributed by atoms with Gasteiger partial charge in [-0.3, -0.25) is 0 Å². The third-order valence-corrected chi connectivity index (χ3v) is 11.4. The average Bonchev–Trinajstić information content (AvgIpc) is 3.44. The first kappa shape index (κ1) is 26.3. The van der Waals surface area contributed by atoms with Crippen molar-refractivity contribution < 1.29 is 29.6 Å². The van der Waals surface area contributed by atoms with Gasteiger partial charge in [0, 0.05) is 11.3 Å². The minimum Gasteiger partial charge on any atom is -0.479 e. The number of aliphatic hydroxyl groups is 2. The molecule has 3 saturated carbocycles. The summed E-state index contributed by atoms with van der Waals surface area (Å²) in [5.41, 5.74) is 1.34. The van der Waals surface area contributed by atoms with Crippen molar-refractivity contribution >= 4 is 18.0 Å². The molecule has 0 amide bonds. The molecule has 3 fully saturated rings. The second-order valence-electron chi connectivity index (χ2n) is 12.8. The van der Waals surface area contributed by atoms with Crippen LogP contribution in [0.15, 0.2) is 36.0 Å². The van der Waals surface area contributed by atoms with Crippen LogP contribution in [0.5, 0.6) is 0 Å². The Hall–Kier alpha value is -2.97. The van der Waals surface area contributed by atoms with E-state index in [4.69, 9.17) is 9.84 Å². The molecule has 3 N–H and O–H groups in total. The second-order valence-corrected chi connectivity index (χ2v) is 12.8. The lowest BCUT2D eigenvalue weighted by Gasteiger charge is -2.66. The van der Waals surface area contributed by atoms with Crippen molar-refractivity contribution in [1.82, 2.24) is 9.78 Å². The predicted molar refractivity (Wildman–Crippen MR) is 144 cm³/mol. The van der Waals surface area contributed by atoms with Gasteiger partial charge in [0.15, 0.2) is 5.60 Å². The highest BCUT2D eigenvalue weighted by molar-refractivity contribution is 5.90. The molecule has 208 valence electrons. The number of hydrogen-bond donors (Lipinski definition) is 3. The lowest BCUT2D eigenvalue weighted by atomic mass is 9.39. The van der Waals surface area contributed by atoms with Crippen LogP contribution in [0.3, 0.4) is 0 Å². The minimum atomic E-state index is -1.82. The van der Waals surface area contributed by atoms with Gasteiger partial charge in [-0.1, -0.05) is 32.4 Å². The fraction of sp³-hybridized carbons (Fsp3) is 0.581. The van der Waals surface area contributed by atoms with Gasteiger partial charge in [0.25, 0.3) is 0 Å². The number of carbonyl (C=O) groups is 2. The Balaban J connectivity index is 1.41. The number of carboxylic acid groups (broad SMARTS) is 1. The number of aromatic nitrogens is 2. The SMILES string of the molecule is CC[C@@]12CCC3=Cc4c(cnn4-c4cccc(C(=O)OC)c4)C[C@]3(C)[C@H]1[C@@H](O)C[C@@]1(C)[C@H]2CC[C@]1(O)C(=O)O. The summed E-state index contributed by atoms with van der Waals surface area (Å²) in [5, 5.41) is 38.0. The van der Waals surface area contributed by atoms with Crippen molar-refractivity contribution in [2.75, 3.05) is 7.11 Å². The van der Waals surface area contributed by atoms with Crippen LogP contribution >= 0.6 is 0 Å². The Morgan fingerprint density at radius 2 is 2.00 bits per heavy atom. The number of aliphatic carboxylic acids is 1. The van der Waals surface area contributed by atoms with Crippen LogP contribution in [-0.2, 0) is 16.0 Å². The normalized spacial score (nSPS) is 38.6. The fourth-order valence-electron chi connectivity index (χ4n) is 9.66. The molecule has 39 heavy (non-hydrogen) atoms. The van der Waals surface area contributed by atoms with Gasteiger partial charge in [0.1, 0.15) is 0 Å². The smallest absolute Gasteiger partial charge is 0.337 e. The summed E-state index contributed by atoms with van der Waals surface area (Å²) in [6.45, 7) is 6.33. The number of hydrogen-bond acceptors (Lipinski definition) is 6. The molecule has 1 heterocycles. The maximum atomic E-state index is 12.3. The highest BCUT2D eigenvalue weighted by Gasteiger charge is 2.73. The van der Waals surface area contributed by atoms with E-state index in [1.807, 2.05) is 29.9 Å². The van der Waals surface area contributed by atoms with Crippen LogP contribution in [0.25, 0.3) is 11.8 Å². The third kappa shape index (κ3) is 3.27. The number of esters is 1. The molecule has 0 aliphatic heterocycles. The molecule has 0 unspecified atom stereocenters. The molecule has 2 aromatic rings. The molecule has 4 aliphatic rings. The van der Waals surface area contributed by atoms with Crippen LogP contribution < -0.4 is 0 Å². The quantitative estimate of drug-likeness (QED) is 0.497. The van der Waals surface area contributed by atoms with Crippen molar-refractivity contribution in [1.29, 1.82) is 0 Å². The van der Waals surface area contributed by atoms with Crippen molar-refractivity contribution in [3.05, 3.63) is 52.9 Å². The average molecular weight is 535 g/mol. The number of benzene rings is 1. The molecular formula is C31H38N2O6. The van der Waals surface area contributed by atoms with E-state index in [0.717, 1.165) is 42.6 Å². The number of ether oxygens (including phenoxy) is 1. The van der Waals surface area contributed by atoms with Gasteiger partial charge in [0.2, 0.25) is 0 Å². The molecule has 1 aromatic heterocycles. The molecule has 0 bridgehead atoms. The van der Waals surface area contributed by atoms with Crippen LogP contribution in [0.1, 0.15) is 80.9 Å². The first-order valence-electron chi connectivity index (χ1n) is 14.1. The van der Waals surface area contributed by atoms with E-state index in [0.29, 0.717) is 12.0 Å². The summed E-state index contributed by atoms with van der Waals surface area (Å²) in [6, 6.07) is 7.24. The second kappa shape index (κ2) is 8.51. The highest BCUT2D eigenvalue weighted by atomic mass is 16.5. The monoisotopic (exact) mass is 534 g/mol. The third-order valence-electron chi connectivity index (χ3n) is 11.4. The summed E-state index contributed by atoms with van der Waals surface area (Å²) in [7, 11) is 1.37. The summed E-state index contributed by atoms with van der Waals surface area (Å²) in [6.07, 6.45) is 7.80. The van der Waals surface area contributed by atoms with E-state index < -0.39 is 29.1 Å². The van der Waals surface area contributed by atoms with E-state index in [1.165, 1.54) is 12.7 Å². The standard InChI is InChI=1S/C31H38N2O6/c1-5-30-11-9-20-14-22-19(17-32-33(22)21-8-6-7-18(13-21)26(35)39-4)15-28(20,2)25(30)23(34)16-29(3)24(30)10-12-31(29,38)27(36)37/h6-8,13-14,17,23-25,34,38H,5,9-12,15-16H2,1-4H3,(H,36,37)/t23-,24+,25+,28-,29-,30-,31-/m0/s1. The van der Waals surface area contributed by atoms with Gasteiger partial charge in [-0.15, -0.1) is 0 Å². The Morgan fingerprint density at radius 1 is 1.23 bits per heavy atom. The van der Waals surface area contributed by atoms with E-state index >= 15 is 0 Å². The zero-order valence-electron chi connectivity index (χ0n) is 23.1. The van der Waals surface area contributed by atoms with E-state index in [-0.39, 0.29) is 35.5 Å². The van der Waals surface area contributed by atoms with Crippen molar-refractivity contribution in [3.8, 4) is 5.69 Å². The molecule has 7 atom stereocenters. The summed E-state index contributed by atoms with van der Waals surface area (Å²) in [4.78, 5) is 24.4. The van der Waals surface area contributed by atoms with E-state index in [9.17, 15) is 24.9 Å². The number of aliphatic hydroxyl groups excluding tert-OH is 1. The number of rotatable bonds is 4. The number of fused-ring (bicyclic) bond motifs is 6. The minimum absolute atomic E-state index is 0.0213. The molecular weight excluding hydrogens is 496 g/mol. The number of carboxylic acids is 1. The highest BCUT2D eigenvalue weighted by Crippen LogP contribution is 2.73. The Kier molecular flexibility index (Phi) is 5.73. The molecule has 0 spiro atoms. The topological polar surface area (TPSA) is 122 Å². The number of methoxy groups -OCH3 is 1. The van der Waals surface area contributed by atoms with Crippen molar-refractivity contribution in [3.63, 3.8) is 0 Å². The van der Waals surface area contributed by atoms with Crippen molar-refractivity contribution in [2.45, 2.75) is 77.4 Å². The van der Waals surface area contributed by atoms with Crippen molar-refractivity contribution in [2.24, 2.45) is 28.1 Å². The number of allylic oxidation sites excluding steroid dienone is 1. The maximum Gasteiger partial charge on any atom is 0.337 e. The zero-order chi connectivity index (χ0) is 28.0. The Morgan fingerprint density at radius 3 is 2.69 bits per heavy atom. The van der Waals surface area contributed by atoms with Crippen LogP contribution in [-0.4, -0.2) is 55.9 Å². The summed E-state index contributed by atoms with van der Waals surface area (Å²) in [5.74, 6) is -1.60. The fourth-order valence-corrected chi connectivity index (χ4v) is 9.66. The summed E-state index contributed by atoms with van der Waals surface area (Å²) >= 11 is 0. The maximum absolute atomic E-state index is 12.3. The molecule has 1 aromatic carbocycles. The van der Waals surface area contributed by atoms with Gasteiger partial charge in [-0.25, -0.2) is 14.3 Å². The van der Waals surface area contributed by atoms with Gasteiger partial charge in [-0.2, -0.15) is 5.10 Å². The Bertz CT molecular complexity index is 1400. The largest absolute Gasteiger partial charge is 0.479 e. The predicted octanol–water partition coefficient (Wildman–Crippen LogP) is 4.41. The van der Waals surface area contributed by atoms with Gasteiger partial charge in [0.05, 0.1) is 36.4 Å². The molecule has 4 aliphatic carbocycles. The van der Waals surface area contributed by atoms with Gasteiger partial charge in [-0.05, 0) is 91.5 Å². The first-order chi connectivity index (χ1) is 18.4. The molecule has 0 radical (unpaired) electrons. The molecule has 0 saturated heterocycles. The van der Waals surface area contributed by atoms with E-state index in [2.05, 4.69) is 19.9 Å². The van der Waals surface area contributed by atoms with Gasteiger partial charge >= 0.3 is 11.9 Å². The number of carbonyl (C=O) groups excluding carboxylic acids is 1.